The van der Waals surface area contributed by atoms with Gasteiger partial charge in [-0.05, 0) is 17.9 Å². The highest BCUT2D eigenvalue weighted by Crippen LogP contribution is 2.09. The van der Waals surface area contributed by atoms with Gasteiger partial charge in [-0.15, -0.1) is 24.8 Å². The number of nitrogens with zero attached hydrogens (tertiary/aromatic N) is 2. The van der Waals surface area contributed by atoms with Crippen molar-refractivity contribution in [3.63, 3.8) is 0 Å². The molecule has 1 saturated heterocycles. The van der Waals surface area contributed by atoms with Gasteiger partial charge in [0.15, 0.2) is 0 Å². The molecule has 4 nitrogen and oxygen atoms in total. The van der Waals surface area contributed by atoms with Gasteiger partial charge in [-0.25, -0.2) is 0 Å². The number of piperazine rings is 1. The lowest BCUT2D eigenvalue weighted by Gasteiger charge is -2.36. The van der Waals surface area contributed by atoms with E-state index in [1.54, 1.807) is 0 Å². The molecule has 0 bridgehead atoms. The Hall–Kier alpha value is -0.810. The van der Waals surface area contributed by atoms with E-state index in [0.29, 0.717) is 12.3 Å². The fourth-order valence-corrected chi connectivity index (χ4v) is 2.86. The molecule has 1 amide bonds. The molecule has 6 heteroatoms. The second-order valence-corrected chi connectivity index (χ2v) is 6.32. The minimum atomic E-state index is -0.427. The van der Waals surface area contributed by atoms with Crippen LogP contribution in [0.5, 0.6) is 0 Å². The third-order valence-electron chi connectivity index (χ3n) is 3.92. The summed E-state index contributed by atoms with van der Waals surface area (Å²) in [7, 11) is 0. The lowest BCUT2D eigenvalue weighted by atomic mass is 10.1. The van der Waals surface area contributed by atoms with Crippen LogP contribution in [0.25, 0.3) is 0 Å². The maximum absolute atomic E-state index is 12.4. The van der Waals surface area contributed by atoms with E-state index in [4.69, 9.17) is 5.73 Å². The van der Waals surface area contributed by atoms with Crippen molar-refractivity contribution < 1.29 is 4.79 Å². The van der Waals surface area contributed by atoms with Gasteiger partial charge in [-0.1, -0.05) is 44.2 Å². The minimum Gasteiger partial charge on any atom is -0.339 e. The van der Waals surface area contributed by atoms with Gasteiger partial charge < -0.3 is 10.6 Å². The summed E-state index contributed by atoms with van der Waals surface area (Å²) in [6, 6.07) is 9.56. The number of halogens is 2. The quantitative estimate of drug-likeness (QED) is 0.874. The van der Waals surface area contributed by atoms with Gasteiger partial charge >= 0.3 is 0 Å². The smallest absolute Gasteiger partial charge is 0.239 e. The molecular formula is C17H29Cl2N3O. The molecule has 0 saturated carbocycles. The maximum Gasteiger partial charge on any atom is 0.239 e. The highest BCUT2D eigenvalue weighted by Gasteiger charge is 2.25. The summed E-state index contributed by atoms with van der Waals surface area (Å²) in [5, 5.41) is 0. The fourth-order valence-electron chi connectivity index (χ4n) is 2.86. The molecule has 1 aromatic rings. The van der Waals surface area contributed by atoms with Crippen molar-refractivity contribution in [2.45, 2.75) is 26.3 Å². The van der Waals surface area contributed by atoms with E-state index < -0.39 is 6.04 Å². The summed E-state index contributed by atoms with van der Waals surface area (Å²) in [6.07, 6.45) is 0.617. The molecular weight excluding hydrogens is 333 g/mol. The Morgan fingerprint density at radius 1 is 1.09 bits per heavy atom. The first-order valence-electron chi connectivity index (χ1n) is 7.87. The van der Waals surface area contributed by atoms with Crippen LogP contribution >= 0.6 is 24.8 Å². The summed E-state index contributed by atoms with van der Waals surface area (Å²) >= 11 is 0. The van der Waals surface area contributed by atoms with Gasteiger partial charge in [-0.3, -0.25) is 9.69 Å². The van der Waals surface area contributed by atoms with Crippen molar-refractivity contribution in [3.05, 3.63) is 35.9 Å². The zero-order valence-electron chi connectivity index (χ0n) is 14.0. The molecule has 0 unspecified atom stereocenters. The molecule has 23 heavy (non-hydrogen) atoms. The van der Waals surface area contributed by atoms with Crippen LogP contribution in [0.1, 0.15) is 19.4 Å². The van der Waals surface area contributed by atoms with Gasteiger partial charge in [0.1, 0.15) is 0 Å². The molecule has 1 heterocycles. The number of amides is 1. The number of rotatable bonds is 5. The van der Waals surface area contributed by atoms with Gasteiger partial charge in [-0.2, -0.15) is 0 Å². The molecule has 1 aromatic carbocycles. The Morgan fingerprint density at radius 3 is 2.17 bits per heavy atom. The van der Waals surface area contributed by atoms with Gasteiger partial charge in [0.05, 0.1) is 6.04 Å². The van der Waals surface area contributed by atoms with E-state index in [-0.39, 0.29) is 30.7 Å². The monoisotopic (exact) mass is 361 g/mol. The second-order valence-electron chi connectivity index (χ2n) is 6.32. The molecule has 0 radical (unpaired) electrons. The highest BCUT2D eigenvalue weighted by atomic mass is 35.5. The fraction of sp³-hybridized carbons (Fsp3) is 0.588. The first-order chi connectivity index (χ1) is 10.1. The summed E-state index contributed by atoms with van der Waals surface area (Å²) in [5.74, 6) is 0.760. The number of carbonyl (C=O) groups is 1. The highest BCUT2D eigenvalue weighted by molar-refractivity contribution is 5.85. The number of hydrogen-bond acceptors (Lipinski definition) is 3. The largest absolute Gasteiger partial charge is 0.339 e. The van der Waals surface area contributed by atoms with Crippen LogP contribution in [0.15, 0.2) is 30.3 Å². The van der Waals surface area contributed by atoms with Gasteiger partial charge in [0, 0.05) is 32.7 Å². The topological polar surface area (TPSA) is 49.6 Å². The van der Waals surface area contributed by atoms with Crippen LogP contribution < -0.4 is 5.73 Å². The molecule has 132 valence electrons. The number of hydrogen-bond donors (Lipinski definition) is 1. The third kappa shape index (κ3) is 7.08. The summed E-state index contributed by atoms with van der Waals surface area (Å²) < 4.78 is 0. The molecule has 0 aliphatic carbocycles. The standard InChI is InChI=1S/C17H27N3O.2ClH/c1-14(2)13-19-8-10-20(11-9-19)17(21)16(18)12-15-6-4-3-5-7-15;;/h3-7,14,16H,8-13,18H2,1-2H3;2*1H/t16-;;/m0../s1. The number of nitrogens with two attached hydrogens (primary N) is 1. The molecule has 1 aliphatic heterocycles. The Labute approximate surface area is 152 Å². The van der Waals surface area contributed by atoms with Crippen molar-refractivity contribution in [2.75, 3.05) is 32.7 Å². The molecule has 2 N–H and O–H groups in total. The zero-order chi connectivity index (χ0) is 15.2. The maximum atomic E-state index is 12.4. The zero-order valence-corrected chi connectivity index (χ0v) is 15.6. The van der Waals surface area contributed by atoms with Crippen molar-refractivity contribution >= 4 is 30.7 Å². The third-order valence-corrected chi connectivity index (χ3v) is 3.92. The van der Waals surface area contributed by atoms with Crippen LogP contribution in [-0.2, 0) is 11.2 Å². The molecule has 0 spiro atoms. The first kappa shape index (κ1) is 22.2. The van der Waals surface area contributed by atoms with Crippen LogP contribution in [0, 0.1) is 5.92 Å². The van der Waals surface area contributed by atoms with Crippen LogP contribution in [0.2, 0.25) is 0 Å². The summed E-state index contributed by atoms with van der Waals surface area (Å²) in [5.41, 5.74) is 7.21. The Kier molecular flexibility index (Phi) is 10.5. The predicted molar refractivity (Wildman–Crippen MR) is 100 cm³/mol. The Balaban J connectivity index is 0.00000242. The van der Waals surface area contributed by atoms with Crippen molar-refractivity contribution in [2.24, 2.45) is 11.7 Å². The minimum absolute atomic E-state index is 0. The van der Waals surface area contributed by atoms with E-state index in [9.17, 15) is 4.79 Å². The van der Waals surface area contributed by atoms with Crippen LogP contribution in [-0.4, -0.2) is 54.5 Å². The summed E-state index contributed by atoms with van der Waals surface area (Å²) in [4.78, 5) is 16.8. The van der Waals surface area contributed by atoms with Crippen LogP contribution in [0.4, 0.5) is 0 Å². The van der Waals surface area contributed by atoms with Gasteiger partial charge in [0.25, 0.3) is 0 Å². The van der Waals surface area contributed by atoms with Crippen LogP contribution in [0.3, 0.4) is 0 Å². The SMILES string of the molecule is CC(C)CN1CCN(C(=O)[C@@H](N)Cc2ccccc2)CC1.Cl.Cl. The van der Waals surface area contributed by atoms with E-state index in [1.165, 1.54) is 0 Å². The lowest BCUT2D eigenvalue weighted by Crippen LogP contribution is -2.54. The average Bonchev–Trinajstić information content (AvgIpc) is 2.47. The molecule has 1 atom stereocenters. The van der Waals surface area contributed by atoms with Crippen molar-refractivity contribution in [3.8, 4) is 0 Å². The van der Waals surface area contributed by atoms with Crippen molar-refractivity contribution in [1.29, 1.82) is 0 Å². The molecule has 0 aromatic heterocycles. The van der Waals surface area contributed by atoms with E-state index in [1.807, 2.05) is 35.2 Å². The second kappa shape index (κ2) is 10.9. The van der Waals surface area contributed by atoms with E-state index in [2.05, 4.69) is 18.7 Å². The first-order valence-corrected chi connectivity index (χ1v) is 7.87. The van der Waals surface area contributed by atoms with Crippen molar-refractivity contribution in [1.82, 2.24) is 9.80 Å². The van der Waals surface area contributed by atoms with E-state index >= 15 is 0 Å². The molecule has 2 rings (SSSR count). The predicted octanol–water partition coefficient (Wildman–Crippen LogP) is 2.20. The molecule has 1 aliphatic rings. The summed E-state index contributed by atoms with van der Waals surface area (Å²) in [6.45, 7) is 9.09. The average molecular weight is 362 g/mol. The number of benzene rings is 1. The Morgan fingerprint density at radius 2 is 1.65 bits per heavy atom. The lowest BCUT2D eigenvalue weighted by molar-refractivity contribution is -0.134. The normalized spacial score (nSPS) is 16.4. The van der Waals surface area contributed by atoms with E-state index in [0.717, 1.165) is 38.3 Å². The molecule has 1 fully saturated rings. The number of carbonyl (C=O) groups excluding carboxylic acids is 1. The van der Waals surface area contributed by atoms with Gasteiger partial charge in [0.2, 0.25) is 5.91 Å². The Bertz CT molecular complexity index is 448.